The summed E-state index contributed by atoms with van der Waals surface area (Å²) in [7, 11) is -1.51. The molecule has 2 rings (SSSR count). The molecule has 7 N–H and O–H groups in total. The standard InChI is InChI=1S/C15H16BN3O4/c17-14(20)10-3-6-13(12(7-10)15(18)21)19-8-9-1-4-11(5-2-9)16(22)23/h1-7,19,22-23H,8H2,(H2,17,20)(H2,18,21). The van der Waals surface area contributed by atoms with Gasteiger partial charge in [-0.25, -0.2) is 0 Å². The molecule has 2 aromatic rings. The summed E-state index contributed by atoms with van der Waals surface area (Å²) in [6, 6.07) is 11.0. The van der Waals surface area contributed by atoms with E-state index in [0.29, 0.717) is 17.7 Å². The fourth-order valence-electron chi connectivity index (χ4n) is 2.06. The van der Waals surface area contributed by atoms with E-state index in [-0.39, 0.29) is 11.1 Å². The Bertz CT molecular complexity index is 732. The second kappa shape index (κ2) is 6.95. The fraction of sp³-hybridized carbons (Fsp3) is 0.0667. The van der Waals surface area contributed by atoms with Crippen molar-refractivity contribution in [1.29, 1.82) is 0 Å². The average molecular weight is 313 g/mol. The maximum atomic E-state index is 11.5. The predicted octanol–water partition coefficient (Wildman–Crippen LogP) is -0.824. The van der Waals surface area contributed by atoms with Crippen LogP contribution in [0.4, 0.5) is 5.69 Å². The zero-order valence-electron chi connectivity index (χ0n) is 12.2. The van der Waals surface area contributed by atoms with E-state index in [1.54, 1.807) is 30.3 Å². The highest BCUT2D eigenvalue weighted by Gasteiger charge is 2.12. The number of primary amides is 2. The molecule has 0 atom stereocenters. The van der Waals surface area contributed by atoms with E-state index in [0.717, 1.165) is 5.56 Å². The monoisotopic (exact) mass is 313 g/mol. The lowest BCUT2D eigenvalue weighted by Gasteiger charge is -2.11. The number of carbonyl (C=O) groups excluding carboxylic acids is 2. The van der Waals surface area contributed by atoms with E-state index in [2.05, 4.69) is 5.32 Å². The molecular formula is C15H16BN3O4. The average Bonchev–Trinajstić information content (AvgIpc) is 2.52. The van der Waals surface area contributed by atoms with E-state index in [1.165, 1.54) is 12.1 Å². The van der Waals surface area contributed by atoms with Crippen molar-refractivity contribution in [3.63, 3.8) is 0 Å². The SMILES string of the molecule is NC(=O)c1ccc(NCc2ccc(B(O)O)cc2)c(C(N)=O)c1. The lowest BCUT2D eigenvalue weighted by molar-refractivity contribution is 0.0999. The molecule has 0 radical (unpaired) electrons. The van der Waals surface area contributed by atoms with Crippen molar-refractivity contribution in [1.82, 2.24) is 0 Å². The molecule has 0 spiro atoms. The molecule has 0 aromatic heterocycles. The maximum Gasteiger partial charge on any atom is 0.488 e. The summed E-state index contributed by atoms with van der Waals surface area (Å²) in [5.41, 5.74) is 12.6. The maximum absolute atomic E-state index is 11.5. The van der Waals surface area contributed by atoms with Crippen LogP contribution < -0.4 is 22.2 Å². The zero-order chi connectivity index (χ0) is 17.0. The normalized spacial score (nSPS) is 10.2. The lowest BCUT2D eigenvalue weighted by Crippen LogP contribution is -2.29. The number of hydrogen-bond acceptors (Lipinski definition) is 5. The summed E-state index contributed by atoms with van der Waals surface area (Å²) >= 11 is 0. The minimum absolute atomic E-state index is 0.170. The van der Waals surface area contributed by atoms with Crippen molar-refractivity contribution >= 4 is 30.1 Å². The van der Waals surface area contributed by atoms with E-state index < -0.39 is 18.9 Å². The van der Waals surface area contributed by atoms with Gasteiger partial charge in [0.1, 0.15) is 0 Å². The van der Waals surface area contributed by atoms with Crippen molar-refractivity contribution in [2.75, 3.05) is 5.32 Å². The summed E-state index contributed by atoms with van der Waals surface area (Å²) in [4.78, 5) is 22.7. The van der Waals surface area contributed by atoms with Crippen molar-refractivity contribution in [3.8, 4) is 0 Å². The minimum Gasteiger partial charge on any atom is -0.423 e. The summed E-state index contributed by atoms with van der Waals surface area (Å²) in [6.45, 7) is 0.387. The van der Waals surface area contributed by atoms with Gasteiger partial charge in [0.2, 0.25) is 5.91 Å². The van der Waals surface area contributed by atoms with Crippen LogP contribution in [0.3, 0.4) is 0 Å². The third kappa shape index (κ3) is 4.09. The van der Waals surface area contributed by atoms with Crippen LogP contribution in [0.25, 0.3) is 0 Å². The van der Waals surface area contributed by atoms with Gasteiger partial charge in [0, 0.05) is 17.8 Å². The van der Waals surface area contributed by atoms with Crippen LogP contribution in [0.2, 0.25) is 0 Å². The molecule has 2 aromatic carbocycles. The van der Waals surface area contributed by atoms with Gasteiger partial charge in [-0.05, 0) is 29.2 Å². The lowest BCUT2D eigenvalue weighted by atomic mass is 9.80. The Morgan fingerprint density at radius 3 is 2.17 bits per heavy atom. The highest BCUT2D eigenvalue weighted by molar-refractivity contribution is 6.58. The van der Waals surface area contributed by atoms with Gasteiger partial charge in [0.05, 0.1) is 5.56 Å². The van der Waals surface area contributed by atoms with Crippen molar-refractivity contribution in [2.24, 2.45) is 11.5 Å². The number of hydrogen-bond donors (Lipinski definition) is 5. The molecule has 0 aliphatic carbocycles. The van der Waals surface area contributed by atoms with Crippen molar-refractivity contribution in [2.45, 2.75) is 6.54 Å². The molecule has 0 unspecified atom stereocenters. The molecule has 2 amide bonds. The first kappa shape index (κ1) is 16.5. The number of benzene rings is 2. The molecule has 8 heteroatoms. The first-order valence-electron chi connectivity index (χ1n) is 6.81. The smallest absolute Gasteiger partial charge is 0.423 e. The van der Waals surface area contributed by atoms with Crippen LogP contribution in [0.15, 0.2) is 42.5 Å². The van der Waals surface area contributed by atoms with Gasteiger partial charge in [-0.2, -0.15) is 0 Å². The van der Waals surface area contributed by atoms with Gasteiger partial charge in [-0.1, -0.05) is 24.3 Å². The minimum atomic E-state index is -1.51. The molecule has 0 saturated heterocycles. The summed E-state index contributed by atoms with van der Waals surface area (Å²) in [5.74, 6) is -1.31. The van der Waals surface area contributed by atoms with Crippen LogP contribution in [-0.2, 0) is 6.54 Å². The van der Waals surface area contributed by atoms with Crippen LogP contribution in [0, 0.1) is 0 Å². The number of anilines is 1. The molecule has 0 heterocycles. The Kier molecular flexibility index (Phi) is 5.00. The highest BCUT2D eigenvalue weighted by Crippen LogP contribution is 2.18. The number of nitrogens with one attached hydrogen (secondary N) is 1. The molecule has 7 nitrogen and oxygen atoms in total. The number of carbonyl (C=O) groups is 2. The van der Waals surface area contributed by atoms with Crippen molar-refractivity contribution in [3.05, 3.63) is 59.2 Å². The van der Waals surface area contributed by atoms with Crippen molar-refractivity contribution < 1.29 is 19.6 Å². The van der Waals surface area contributed by atoms with Gasteiger partial charge in [-0.3, -0.25) is 9.59 Å². The van der Waals surface area contributed by atoms with Gasteiger partial charge < -0.3 is 26.8 Å². The molecule has 118 valence electrons. The summed E-state index contributed by atoms with van der Waals surface area (Å²) in [5, 5.41) is 21.1. The molecule has 0 aliphatic rings. The highest BCUT2D eigenvalue weighted by atomic mass is 16.4. The molecular weight excluding hydrogens is 297 g/mol. The van der Waals surface area contributed by atoms with Crippen LogP contribution in [-0.4, -0.2) is 29.0 Å². The third-order valence-electron chi connectivity index (χ3n) is 3.33. The number of rotatable bonds is 6. The number of amides is 2. The van der Waals surface area contributed by atoms with E-state index in [4.69, 9.17) is 21.5 Å². The zero-order valence-corrected chi connectivity index (χ0v) is 12.2. The van der Waals surface area contributed by atoms with Crippen LogP contribution >= 0.6 is 0 Å². The first-order valence-corrected chi connectivity index (χ1v) is 6.81. The third-order valence-corrected chi connectivity index (χ3v) is 3.33. The van der Waals surface area contributed by atoms with E-state index in [9.17, 15) is 9.59 Å². The Labute approximate surface area is 133 Å². The Morgan fingerprint density at radius 1 is 1.00 bits per heavy atom. The van der Waals surface area contributed by atoms with E-state index in [1.807, 2.05) is 0 Å². The molecule has 23 heavy (non-hydrogen) atoms. The molecule has 0 bridgehead atoms. The topological polar surface area (TPSA) is 139 Å². The first-order chi connectivity index (χ1) is 10.9. The van der Waals surface area contributed by atoms with Crippen LogP contribution in [0.5, 0.6) is 0 Å². The predicted molar refractivity (Wildman–Crippen MR) is 87.1 cm³/mol. The quantitative estimate of drug-likeness (QED) is 0.443. The van der Waals surface area contributed by atoms with Gasteiger partial charge in [-0.15, -0.1) is 0 Å². The Morgan fingerprint density at radius 2 is 1.65 bits per heavy atom. The largest absolute Gasteiger partial charge is 0.488 e. The Balaban J connectivity index is 2.16. The van der Waals surface area contributed by atoms with Gasteiger partial charge in [0.15, 0.2) is 0 Å². The Hall–Kier alpha value is -2.84. The second-order valence-corrected chi connectivity index (χ2v) is 4.96. The number of nitrogens with two attached hydrogens (primary N) is 2. The van der Waals surface area contributed by atoms with Gasteiger partial charge >= 0.3 is 7.12 Å². The summed E-state index contributed by atoms with van der Waals surface area (Å²) in [6.07, 6.45) is 0. The fourth-order valence-corrected chi connectivity index (χ4v) is 2.06. The summed E-state index contributed by atoms with van der Waals surface area (Å²) < 4.78 is 0. The molecule has 0 fully saturated rings. The molecule has 0 aliphatic heterocycles. The van der Waals surface area contributed by atoms with E-state index >= 15 is 0 Å². The molecule has 0 saturated carbocycles. The second-order valence-electron chi connectivity index (χ2n) is 4.96. The van der Waals surface area contributed by atoms with Crippen LogP contribution in [0.1, 0.15) is 26.3 Å². The van der Waals surface area contributed by atoms with Gasteiger partial charge in [0.25, 0.3) is 5.91 Å².